The Morgan fingerprint density at radius 2 is 1.90 bits per heavy atom. The van der Waals surface area contributed by atoms with Crippen LogP contribution >= 0.6 is 11.6 Å². The lowest BCUT2D eigenvalue weighted by Gasteiger charge is -2.28. The van der Waals surface area contributed by atoms with E-state index in [4.69, 9.17) is 16.7 Å². The molecule has 1 amide bonds. The van der Waals surface area contributed by atoms with E-state index in [0.717, 1.165) is 6.07 Å². The molecule has 0 aliphatic carbocycles. The van der Waals surface area contributed by atoms with Gasteiger partial charge < -0.3 is 10.4 Å². The van der Waals surface area contributed by atoms with Crippen LogP contribution < -0.4 is 5.32 Å². The molecule has 1 rings (SSSR count). The van der Waals surface area contributed by atoms with Crippen LogP contribution in [0.3, 0.4) is 0 Å². The summed E-state index contributed by atoms with van der Waals surface area (Å²) in [5.41, 5.74) is -3.29. The Balaban J connectivity index is 3.13. The van der Waals surface area contributed by atoms with E-state index in [2.05, 4.69) is 4.98 Å². The van der Waals surface area contributed by atoms with Gasteiger partial charge in [-0.25, -0.2) is 9.78 Å². The zero-order chi connectivity index (χ0) is 15.7. The second kappa shape index (κ2) is 5.28. The highest BCUT2D eigenvalue weighted by Crippen LogP contribution is 2.30. The monoisotopic (exact) mass is 310 g/mol. The van der Waals surface area contributed by atoms with Crippen molar-refractivity contribution in [3.8, 4) is 0 Å². The molecule has 0 spiro atoms. The molecular formula is C11H10ClF3N2O3. The SMILES string of the molecule is Cc1cc(C(=O)NC(C)(C(=O)O)C(F)(F)F)cc(Cl)n1. The minimum Gasteiger partial charge on any atom is -0.479 e. The molecule has 5 nitrogen and oxygen atoms in total. The number of carboxylic acid groups (broad SMARTS) is 1. The molecule has 0 aliphatic heterocycles. The molecule has 1 heterocycles. The molecule has 1 aromatic heterocycles. The van der Waals surface area contributed by atoms with Crippen molar-refractivity contribution in [2.75, 3.05) is 0 Å². The average molecular weight is 311 g/mol. The number of amides is 1. The summed E-state index contributed by atoms with van der Waals surface area (Å²) in [6, 6.07) is 2.24. The second-order valence-corrected chi connectivity index (χ2v) is 4.59. The number of pyridine rings is 1. The summed E-state index contributed by atoms with van der Waals surface area (Å²) in [7, 11) is 0. The predicted molar refractivity (Wildman–Crippen MR) is 63.5 cm³/mol. The van der Waals surface area contributed by atoms with Crippen molar-refractivity contribution in [1.82, 2.24) is 10.3 Å². The number of aromatic nitrogens is 1. The molecule has 1 atom stereocenters. The Labute approximate surface area is 116 Å². The maximum atomic E-state index is 12.8. The van der Waals surface area contributed by atoms with E-state index in [9.17, 15) is 22.8 Å². The number of carbonyl (C=O) groups is 2. The van der Waals surface area contributed by atoms with Crippen LogP contribution in [0.25, 0.3) is 0 Å². The molecule has 0 saturated heterocycles. The van der Waals surface area contributed by atoms with Gasteiger partial charge in [0.05, 0.1) is 0 Å². The van der Waals surface area contributed by atoms with E-state index < -0.39 is 23.6 Å². The van der Waals surface area contributed by atoms with Gasteiger partial charge in [-0.2, -0.15) is 13.2 Å². The second-order valence-electron chi connectivity index (χ2n) is 4.20. The van der Waals surface area contributed by atoms with E-state index in [1.807, 2.05) is 0 Å². The molecule has 0 radical (unpaired) electrons. The molecule has 0 fully saturated rings. The van der Waals surface area contributed by atoms with Gasteiger partial charge in [0.25, 0.3) is 5.91 Å². The van der Waals surface area contributed by atoms with Crippen LogP contribution in [-0.2, 0) is 4.79 Å². The highest BCUT2D eigenvalue weighted by molar-refractivity contribution is 6.29. The number of carboxylic acids is 1. The average Bonchev–Trinajstić information content (AvgIpc) is 2.25. The summed E-state index contributed by atoms with van der Waals surface area (Å²) in [6.45, 7) is 1.85. The molecule has 0 aromatic carbocycles. The Morgan fingerprint density at radius 1 is 1.35 bits per heavy atom. The van der Waals surface area contributed by atoms with Gasteiger partial charge in [-0.1, -0.05) is 11.6 Å². The van der Waals surface area contributed by atoms with Gasteiger partial charge in [0, 0.05) is 11.3 Å². The Kier molecular flexibility index (Phi) is 4.28. The summed E-state index contributed by atoms with van der Waals surface area (Å²) in [6.07, 6.45) is -5.15. The predicted octanol–water partition coefficient (Wildman–Crippen LogP) is 2.18. The lowest BCUT2D eigenvalue weighted by molar-refractivity contribution is -0.203. The lowest BCUT2D eigenvalue weighted by Crippen LogP contribution is -2.61. The first-order chi connectivity index (χ1) is 8.97. The number of aryl methyl sites for hydroxylation is 1. The van der Waals surface area contributed by atoms with Crippen molar-refractivity contribution in [2.45, 2.75) is 25.6 Å². The van der Waals surface area contributed by atoms with Crippen LogP contribution in [0, 0.1) is 6.92 Å². The largest absolute Gasteiger partial charge is 0.479 e. The van der Waals surface area contributed by atoms with Crippen molar-refractivity contribution >= 4 is 23.5 Å². The van der Waals surface area contributed by atoms with Crippen LogP contribution in [0.5, 0.6) is 0 Å². The topological polar surface area (TPSA) is 79.3 Å². The molecule has 0 bridgehead atoms. The molecule has 1 unspecified atom stereocenters. The molecular weight excluding hydrogens is 301 g/mol. The van der Waals surface area contributed by atoms with E-state index in [0.29, 0.717) is 12.6 Å². The van der Waals surface area contributed by atoms with E-state index in [-0.39, 0.29) is 10.7 Å². The zero-order valence-electron chi connectivity index (χ0n) is 10.4. The molecule has 20 heavy (non-hydrogen) atoms. The summed E-state index contributed by atoms with van der Waals surface area (Å²) in [5.74, 6) is -3.42. The molecule has 9 heteroatoms. The Morgan fingerprint density at radius 3 is 2.30 bits per heavy atom. The van der Waals surface area contributed by atoms with Gasteiger partial charge in [-0.3, -0.25) is 4.79 Å². The van der Waals surface area contributed by atoms with Gasteiger partial charge in [0.2, 0.25) is 5.54 Å². The summed E-state index contributed by atoms with van der Waals surface area (Å²) >= 11 is 5.59. The lowest BCUT2D eigenvalue weighted by atomic mass is 10.0. The molecule has 0 aliphatic rings. The van der Waals surface area contributed by atoms with Gasteiger partial charge in [-0.05, 0) is 26.0 Å². The van der Waals surface area contributed by atoms with Crippen molar-refractivity contribution in [2.24, 2.45) is 0 Å². The first-order valence-corrected chi connectivity index (χ1v) is 5.62. The fourth-order valence-corrected chi connectivity index (χ4v) is 1.55. The maximum Gasteiger partial charge on any atom is 0.422 e. The van der Waals surface area contributed by atoms with Gasteiger partial charge >= 0.3 is 12.1 Å². The minimum atomic E-state index is -5.15. The number of carbonyl (C=O) groups excluding carboxylic acids is 1. The number of alkyl halides is 3. The third kappa shape index (κ3) is 3.19. The van der Waals surface area contributed by atoms with Crippen molar-refractivity contribution in [1.29, 1.82) is 0 Å². The van der Waals surface area contributed by atoms with Crippen molar-refractivity contribution in [3.63, 3.8) is 0 Å². The first kappa shape index (κ1) is 16.2. The minimum absolute atomic E-state index is 0.0841. The number of halogens is 4. The van der Waals surface area contributed by atoms with E-state index in [1.54, 1.807) is 0 Å². The highest BCUT2D eigenvalue weighted by Gasteiger charge is 2.58. The molecule has 110 valence electrons. The number of hydrogen-bond acceptors (Lipinski definition) is 3. The maximum absolute atomic E-state index is 12.8. The molecule has 1 aromatic rings. The molecule has 0 saturated carbocycles. The zero-order valence-corrected chi connectivity index (χ0v) is 11.1. The fraction of sp³-hybridized carbons (Fsp3) is 0.364. The van der Waals surface area contributed by atoms with E-state index in [1.165, 1.54) is 18.3 Å². The van der Waals surface area contributed by atoms with Crippen LogP contribution in [0.15, 0.2) is 12.1 Å². The van der Waals surface area contributed by atoms with Gasteiger partial charge in [0.1, 0.15) is 5.15 Å². The Hall–Kier alpha value is -1.83. The number of aliphatic carboxylic acids is 1. The number of nitrogens with one attached hydrogen (secondary N) is 1. The highest BCUT2D eigenvalue weighted by atomic mass is 35.5. The van der Waals surface area contributed by atoms with Crippen LogP contribution in [-0.4, -0.2) is 33.7 Å². The standard InChI is InChI=1S/C11H10ClF3N2O3/c1-5-3-6(4-7(12)16-5)8(18)17-10(2,9(19)20)11(13,14)15/h3-4H,1-2H3,(H,17,18)(H,19,20). The number of rotatable bonds is 3. The summed E-state index contributed by atoms with van der Waals surface area (Å²) in [4.78, 5) is 26.3. The summed E-state index contributed by atoms with van der Waals surface area (Å²) in [5, 5.41) is 10.1. The normalized spacial score (nSPS) is 14.5. The van der Waals surface area contributed by atoms with Crippen molar-refractivity contribution in [3.05, 3.63) is 28.5 Å². The third-order valence-corrected chi connectivity index (χ3v) is 2.74. The smallest absolute Gasteiger partial charge is 0.422 e. The number of nitrogens with zero attached hydrogens (tertiary/aromatic N) is 1. The summed E-state index contributed by atoms with van der Waals surface area (Å²) < 4.78 is 38.3. The fourth-order valence-electron chi connectivity index (χ4n) is 1.30. The van der Waals surface area contributed by atoms with Crippen LogP contribution in [0.2, 0.25) is 5.15 Å². The van der Waals surface area contributed by atoms with Crippen LogP contribution in [0.4, 0.5) is 13.2 Å². The van der Waals surface area contributed by atoms with E-state index >= 15 is 0 Å². The third-order valence-electron chi connectivity index (χ3n) is 2.54. The molecule has 2 N–H and O–H groups in total. The first-order valence-electron chi connectivity index (χ1n) is 5.24. The van der Waals surface area contributed by atoms with Crippen LogP contribution in [0.1, 0.15) is 23.0 Å². The van der Waals surface area contributed by atoms with Gasteiger partial charge in [0.15, 0.2) is 0 Å². The van der Waals surface area contributed by atoms with Gasteiger partial charge in [-0.15, -0.1) is 0 Å². The number of hydrogen-bond donors (Lipinski definition) is 2. The van der Waals surface area contributed by atoms with Crippen molar-refractivity contribution < 1.29 is 27.9 Å². The Bertz CT molecular complexity index is 542. The quantitative estimate of drug-likeness (QED) is 0.839.